The van der Waals surface area contributed by atoms with Gasteiger partial charge in [0.1, 0.15) is 93.6 Å². The van der Waals surface area contributed by atoms with E-state index in [1.54, 1.807) is 86.1 Å². The Balaban J connectivity index is 1.05. The van der Waals surface area contributed by atoms with E-state index < -0.39 is 95.6 Å². The zero-order chi connectivity index (χ0) is 64.9. The number of aryl methyl sites for hydroxylation is 1. The molecule has 10 bridgehead atoms. The van der Waals surface area contributed by atoms with Crippen LogP contribution in [0, 0.1) is 18.8 Å². The molecule has 10 rings (SSSR count). The maximum Gasteiger partial charge on any atom is 0.275 e. The lowest BCUT2D eigenvalue weighted by molar-refractivity contribution is -0.126. The van der Waals surface area contributed by atoms with Crippen LogP contribution in [-0.4, -0.2) is 103 Å². The minimum Gasteiger partial charge on any atom is -0.508 e. The van der Waals surface area contributed by atoms with Crippen molar-refractivity contribution in [3.05, 3.63) is 184 Å². The fraction of sp³-hybridized carbons (Fsp3) is 0.213. The van der Waals surface area contributed by atoms with E-state index in [0.717, 1.165) is 45.3 Å². The third kappa shape index (κ3) is 14.9. The van der Waals surface area contributed by atoms with Gasteiger partial charge in [-0.1, -0.05) is 69.1 Å². The fourth-order valence-electron chi connectivity index (χ4n) is 9.28. The number of fused-ring (bicyclic) bond motifs is 14. The number of aromatic hydroxyl groups is 1. The van der Waals surface area contributed by atoms with E-state index in [2.05, 4.69) is 61.3 Å². The molecule has 91 heavy (non-hydrogen) atoms. The van der Waals surface area contributed by atoms with Crippen molar-refractivity contribution in [2.75, 3.05) is 0 Å². The number of nitrogens with zero attached hydrogens (tertiary/aromatic N) is 7. The van der Waals surface area contributed by atoms with E-state index in [1.165, 1.54) is 50.9 Å². The molecule has 466 valence electrons. The van der Waals surface area contributed by atoms with Gasteiger partial charge >= 0.3 is 0 Å². The van der Waals surface area contributed by atoms with Crippen molar-refractivity contribution >= 4 is 109 Å². The number of nitrogens with two attached hydrogens (primary N) is 1. The van der Waals surface area contributed by atoms with Gasteiger partial charge in [-0.15, -0.1) is 68.0 Å². The highest BCUT2D eigenvalue weighted by Crippen LogP contribution is 2.40. The maximum atomic E-state index is 14.9. The first-order valence-electron chi connectivity index (χ1n) is 27.6. The molecule has 0 aliphatic carbocycles. The molecule has 8 heterocycles. The Morgan fingerprint density at radius 3 is 2.02 bits per heavy atom. The number of amides is 6. The first-order chi connectivity index (χ1) is 43.5. The number of primary amides is 1. The summed E-state index contributed by atoms with van der Waals surface area (Å²) >= 11 is 6.63. The molecule has 2 aromatic carbocycles. The molecule has 0 saturated carbocycles. The predicted molar refractivity (Wildman–Crippen MR) is 345 cm³/mol. The van der Waals surface area contributed by atoms with Crippen LogP contribution in [0.5, 0.6) is 5.75 Å². The van der Waals surface area contributed by atoms with Gasteiger partial charge in [-0.05, 0) is 55.7 Å². The third-order valence-electron chi connectivity index (χ3n) is 14.4. The molecule has 11 N–H and O–H groups in total. The van der Waals surface area contributed by atoms with Crippen LogP contribution in [-0.2, 0) is 20.8 Å². The standard InChI is InChI=1S/C61H55N13O11S6/c1-26(29(4)75)46-60-71-43(25-90-60)58-68-40(22-87-58)48-36(16-17-37(65-48)57-70-41(24-88-57)53(83)64-28(3)51(81)63-27(2)30(5)76)56-69-42(23-86-56)54(84)66-38(20-45(62)79)59-74-47(31(6)91-59)55(85)73-49(50(80)33-10-8-7-9-11-33)61-67-39(21-89-61)44(78)19-34(52(82)72-46)18-32-12-14-35(77)15-13-32/h7-17,21-26,29,34,38,46,49-50,75-77,80H,2-3,5,18-20H2,1,4,6H3,(H2,62,79)(H,63,81)(H,64,83)(H,66,84)(H,72,82)(H,73,85). The zero-order valence-electron chi connectivity index (χ0n) is 48.3. The molecule has 0 fully saturated rings. The molecule has 0 saturated heterocycles. The number of phenols is 1. The largest absolute Gasteiger partial charge is 0.508 e. The van der Waals surface area contributed by atoms with Gasteiger partial charge in [0.15, 0.2) is 5.78 Å². The number of carbonyl (C=O) groups is 7. The molecule has 7 unspecified atom stereocenters. The second-order valence-corrected chi connectivity index (χ2v) is 26.5. The topological polar surface area (TPSA) is 377 Å². The summed E-state index contributed by atoms with van der Waals surface area (Å²) in [6.45, 7) is 15.4. The Bertz CT molecular complexity index is 4320. The summed E-state index contributed by atoms with van der Waals surface area (Å²) in [6.07, 6.45) is -3.13. The normalized spacial score (nSPS) is 17.3. The summed E-state index contributed by atoms with van der Waals surface area (Å²) in [6, 6.07) is 14.7. The van der Waals surface area contributed by atoms with Gasteiger partial charge in [-0.25, -0.2) is 34.9 Å². The van der Waals surface area contributed by atoms with Crippen molar-refractivity contribution < 1.29 is 54.0 Å². The predicted octanol–water partition coefficient (Wildman–Crippen LogP) is 8.62. The third-order valence-corrected chi connectivity index (χ3v) is 19.9. The summed E-state index contributed by atoms with van der Waals surface area (Å²) in [5.41, 5.74) is 7.63. The number of ketones is 1. The lowest BCUT2D eigenvalue weighted by Crippen LogP contribution is -2.40. The Hall–Kier alpha value is -9.40. The van der Waals surface area contributed by atoms with Gasteiger partial charge in [0.2, 0.25) is 11.8 Å². The fourth-order valence-corrected chi connectivity index (χ4v) is 14.6. The van der Waals surface area contributed by atoms with Crippen LogP contribution >= 0.6 is 68.0 Å². The van der Waals surface area contributed by atoms with E-state index in [9.17, 15) is 54.0 Å². The molecular weight excluding hydrogens is 1280 g/mol. The number of nitrogens with one attached hydrogen (secondary N) is 5. The molecule has 0 spiro atoms. The molecule has 9 aromatic rings. The van der Waals surface area contributed by atoms with Gasteiger partial charge in [-0.3, -0.25) is 33.6 Å². The molecule has 0 radical (unpaired) electrons. The highest BCUT2D eigenvalue weighted by Gasteiger charge is 2.35. The van der Waals surface area contributed by atoms with Crippen molar-refractivity contribution in [3.8, 4) is 49.1 Å². The van der Waals surface area contributed by atoms with Gasteiger partial charge < -0.3 is 52.7 Å². The lowest BCUT2D eigenvalue weighted by atomic mass is 9.91. The monoisotopic (exact) mass is 1340 g/mol. The Labute approximate surface area is 542 Å². The van der Waals surface area contributed by atoms with Crippen LogP contribution in [0.3, 0.4) is 0 Å². The van der Waals surface area contributed by atoms with Crippen LogP contribution < -0.4 is 32.3 Å². The number of aliphatic hydroxyl groups is 3. The number of phenolic OH excluding ortho intramolecular Hbond substituents is 1. The van der Waals surface area contributed by atoms with Gasteiger partial charge in [-0.2, -0.15) is 0 Å². The second-order valence-electron chi connectivity index (χ2n) is 20.9. The van der Waals surface area contributed by atoms with Crippen LogP contribution in [0.1, 0.15) is 124 Å². The number of rotatable bonds is 14. The quantitative estimate of drug-likeness (QED) is 0.0276. The molecule has 7 aromatic heterocycles. The zero-order valence-corrected chi connectivity index (χ0v) is 53.2. The van der Waals surface area contributed by atoms with Crippen LogP contribution in [0.2, 0.25) is 0 Å². The van der Waals surface area contributed by atoms with Gasteiger partial charge in [0.05, 0.1) is 41.7 Å². The van der Waals surface area contributed by atoms with E-state index in [0.29, 0.717) is 48.0 Å². The Morgan fingerprint density at radius 1 is 0.659 bits per heavy atom. The number of pyridine rings is 1. The highest BCUT2D eigenvalue weighted by molar-refractivity contribution is 7.15. The Morgan fingerprint density at radius 2 is 1.31 bits per heavy atom. The van der Waals surface area contributed by atoms with Crippen LogP contribution in [0.25, 0.3) is 43.4 Å². The number of aromatic nitrogens is 7. The number of thiazole rings is 6. The maximum absolute atomic E-state index is 14.9. The number of carbonyl (C=O) groups excluding carboxylic acids is 7. The number of hydrogen-bond acceptors (Lipinski definition) is 24. The summed E-state index contributed by atoms with van der Waals surface area (Å²) < 4.78 is 0. The average Bonchev–Trinajstić information content (AvgIpc) is 1.78. The molecule has 1 aliphatic rings. The average molecular weight is 1340 g/mol. The van der Waals surface area contributed by atoms with Gasteiger partial charge in [0, 0.05) is 55.6 Å². The van der Waals surface area contributed by atoms with Crippen molar-refractivity contribution in [1.82, 2.24) is 61.5 Å². The summed E-state index contributed by atoms with van der Waals surface area (Å²) in [4.78, 5) is 131. The number of benzene rings is 2. The molecule has 30 heteroatoms. The van der Waals surface area contributed by atoms with E-state index in [-0.39, 0.29) is 79.2 Å². The van der Waals surface area contributed by atoms with Gasteiger partial charge in [0.25, 0.3) is 23.6 Å². The summed E-state index contributed by atoms with van der Waals surface area (Å²) in [5, 5.41) is 65.9. The SMILES string of the molecule is C=C(O)C(=C)NC(=O)C(=C)NC(=O)c1csc(-c2ccc3c(n2)-c2csc(n2)-c2csc(n2)C(C(C)C(C)O)NC(=O)C(Cc2ccc(O)cc2)CC(=O)c2csc(n2)C(C(O)c2ccccc2)NC(=O)c2nc(sc2C)C(CC(N)=O)NC(=O)c2csc-3n2)n1. The van der Waals surface area contributed by atoms with Crippen molar-refractivity contribution in [3.63, 3.8) is 0 Å². The second kappa shape index (κ2) is 27.8. The number of aliphatic hydroxyl groups excluding tert-OH is 3. The van der Waals surface area contributed by atoms with Crippen LogP contribution in [0.4, 0.5) is 0 Å². The van der Waals surface area contributed by atoms with Crippen molar-refractivity contribution in [2.24, 2.45) is 17.6 Å². The minimum atomic E-state index is -1.41. The molecule has 7 atom stereocenters. The number of hydrogen-bond donors (Lipinski definition) is 10. The lowest BCUT2D eigenvalue weighted by Gasteiger charge is -2.27. The molecule has 1 aliphatic heterocycles. The summed E-state index contributed by atoms with van der Waals surface area (Å²) in [7, 11) is 0. The highest BCUT2D eigenvalue weighted by atomic mass is 32.1. The first-order valence-corrected chi connectivity index (χ1v) is 32.8. The minimum absolute atomic E-state index is 0.00495. The molecule has 6 amide bonds. The van der Waals surface area contributed by atoms with Crippen molar-refractivity contribution in [2.45, 2.75) is 70.4 Å². The van der Waals surface area contributed by atoms with E-state index in [1.807, 2.05) is 0 Å². The van der Waals surface area contributed by atoms with Crippen LogP contribution in [0.15, 0.2) is 131 Å². The Kier molecular flexibility index (Phi) is 19.7. The van der Waals surface area contributed by atoms with E-state index >= 15 is 0 Å². The molecular formula is C61H55N13O11S6. The summed E-state index contributed by atoms with van der Waals surface area (Å²) in [5.74, 6) is -7.16. The smallest absolute Gasteiger partial charge is 0.275 e. The van der Waals surface area contributed by atoms with E-state index in [4.69, 9.17) is 25.7 Å². The first kappa shape index (κ1) is 64.6. The van der Waals surface area contributed by atoms with Crippen molar-refractivity contribution in [1.29, 1.82) is 0 Å². The number of Topliss-reactive ketones (excluding diaryl/α,β-unsaturated/α-hetero) is 1. The molecule has 24 nitrogen and oxygen atoms in total.